The van der Waals surface area contributed by atoms with E-state index in [9.17, 15) is 14.7 Å². The summed E-state index contributed by atoms with van der Waals surface area (Å²) in [6.45, 7) is 11.1. The molecule has 27 heavy (non-hydrogen) atoms. The van der Waals surface area contributed by atoms with Crippen molar-refractivity contribution in [2.24, 2.45) is 5.92 Å². The molecule has 2 rings (SSSR count). The number of allylic oxidation sites excluding steroid dienone is 1. The fourth-order valence-electron chi connectivity index (χ4n) is 3.70. The van der Waals surface area contributed by atoms with Gasteiger partial charge in [0.15, 0.2) is 0 Å². The van der Waals surface area contributed by atoms with Crippen molar-refractivity contribution in [3.63, 3.8) is 0 Å². The molecule has 1 aliphatic carbocycles. The Labute approximate surface area is 161 Å². The molecule has 5 heteroatoms. The van der Waals surface area contributed by atoms with E-state index in [0.29, 0.717) is 18.4 Å². The van der Waals surface area contributed by atoms with Gasteiger partial charge in [-0.25, -0.2) is 4.79 Å². The van der Waals surface area contributed by atoms with Crippen LogP contribution in [0.15, 0.2) is 47.1 Å². The van der Waals surface area contributed by atoms with Gasteiger partial charge in [-0.2, -0.15) is 0 Å². The molecule has 0 aromatic rings. The fraction of sp³-hybridized carbons (Fsp3) is 0.545. The van der Waals surface area contributed by atoms with Gasteiger partial charge in [-0.05, 0) is 52.2 Å². The van der Waals surface area contributed by atoms with Gasteiger partial charge in [0, 0.05) is 24.8 Å². The summed E-state index contributed by atoms with van der Waals surface area (Å²) in [6, 6.07) is 0. The smallest absolute Gasteiger partial charge is 0.334 e. The van der Waals surface area contributed by atoms with Gasteiger partial charge in [-0.15, -0.1) is 0 Å². The highest BCUT2D eigenvalue weighted by atomic mass is 16.6. The molecule has 0 unspecified atom stereocenters. The van der Waals surface area contributed by atoms with Crippen molar-refractivity contribution in [1.82, 2.24) is 0 Å². The quantitative estimate of drug-likeness (QED) is 0.429. The second-order valence-electron chi connectivity index (χ2n) is 7.70. The van der Waals surface area contributed by atoms with Gasteiger partial charge >= 0.3 is 11.9 Å². The van der Waals surface area contributed by atoms with Crippen LogP contribution in [0.1, 0.15) is 53.4 Å². The highest BCUT2D eigenvalue weighted by Crippen LogP contribution is 2.33. The molecule has 0 radical (unpaired) electrons. The third-order valence-corrected chi connectivity index (χ3v) is 4.97. The Morgan fingerprint density at radius 1 is 1.15 bits per heavy atom. The van der Waals surface area contributed by atoms with Crippen LogP contribution >= 0.6 is 0 Å². The maximum atomic E-state index is 12.0. The summed E-state index contributed by atoms with van der Waals surface area (Å²) in [5, 5.41) is 10.4. The summed E-state index contributed by atoms with van der Waals surface area (Å²) in [5.41, 5.74) is 3.50. The zero-order valence-electron chi connectivity index (χ0n) is 16.7. The number of hydrogen-bond donors (Lipinski definition) is 1. The lowest BCUT2D eigenvalue weighted by Gasteiger charge is -2.19. The first-order chi connectivity index (χ1) is 12.7. The summed E-state index contributed by atoms with van der Waals surface area (Å²) in [6.07, 6.45) is 6.79. The van der Waals surface area contributed by atoms with Gasteiger partial charge in [0.1, 0.15) is 12.2 Å². The fourth-order valence-corrected chi connectivity index (χ4v) is 3.70. The number of ether oxygens (including phenoxy) is 2. The van der Waals surface area contributed by atoms with E-state index in [1.165, 1.54) is 6.92 Å². The minimum atomic E-state index is -0.647. The monoisotopic (exact) mass is 374 g/mol. The molecule has 0 bridgehead atoms. The van der Waals surface area contributed by atoms with E-state index in [2.05, 4.69) is 6.58 Å². The number of hydrogen-bond acceptors (Lipinski definition) is 5. The summed E-state index contributed by atoms with van der Waals surface area (Å²) >= 11 is 0. The first kappa shape index (κ1) is 21.2. The highest BCUT2D eigenvalue weighted by molar-refractivity contribution is 5.91. The standard InChI is InChI=1S/C22H30O5/c1-13-6-7-20-16(4)22(25)27-21(20)12-15(3)9-18(24)8-14(2)11-19(10-13)26-17(5)23/h8,10,12,18-21,24H,4,6-7,9,11H2,1-3,5H3/b13-10+,14-8+,15-12+/t18-,19-,20-,21+/m1/s1. The summed E-state index contributed by atoms with van der Waals surface area (Å²) < 4.78 is 10.9. The maximum absolute atomic E-state index is 12.0. The molecule has 1 fully saturated rings. The molecule has 0 aromatic carbocycles. The molecule has 1 saturated heterocycles. The second-order valence-corrected chi connectivity index (χ2v) is 7.70. The van der Waals surface area contributed by atoms with Crippen LogP contribution in [-0.2, 0) is 19.1 Å². The van der Waals surface area contributed by atoms with E-state index in [1.54, 1.807) is 6.08 Å². The van der Waals surface area contributed by atoms with Crippen molar-refractivity contribution >= 4 is 11.9 Å². The lowest BCUT2D eigenvalue weighted by Crippen LogP contribution is -2.18. The van der Waals surface area contributed by atoms with Gasteiger partial charge < -0.3 is 14.6 Å². The molecule has 148 valence electrons. The lowest BCUT2D eigenvalue weighted by molar-refractivity contribution is -0.144. The van der Waals surface area contributed by atoms with Crippen molar-refractivity contribution in [2.45, 2.75) is 71.7 Å². The zero-order chi connectivity index (χ0) is 20.1. The van der Waals surface area contributed by atoms with Crippen LogP contribution in [-0.4, -0.2) is 35.4 Å². The van der Waals surface area contributed by atoms with E-state index < -0.39 is 6.10 Å². The molecule has 0 aromatic heterocycles. The predicted octanol–water partition coefficient (Wildman–Crippen LogP) is 3.79. The number of rotatable bonds is 1. The molecule has 0 amide bonds. The topological polar surface area (TPSA) is 72.8 Å². The van der Waals surface area contributed by atoms with Crippen molar-refractivity contribution in [1.29, 1.82) is 0 Å². The minimum Gasteiger partial charge on any atom is -0.458 e. The SMILES string of the molecule is C=C1C(=O)O[C@H]2/C=C(\C)C[C@H](O)/C=C(\C)C[C@H](OC(C)=O)/C=C(\C)CC[C@H]12. The van der Waals surface area contributed by atoms with Crippen LogP contribution in [0.5, 0.6) is 0 Å². The van der Waals surface area contributed by atoms with Crippen molar-refractivity contribution in [3.8, 4) is 0 Å². The molecule has 1 N–H and O–H groups in total. The van der Waals surface area contributed by atoms with E-state index in [0.717, 1.165) is 29.6 Å². The number of fused-ring (bicyclic) bond motifs is 1. The Balaban J connectivity index is 2.33. The van der Waals surface area contributed by atoms with E-state index in [-0.39, 0.29) is 30.1 Å². The number of aliphatic hydroxyl groups excluding tert-OH is 1. The molecule has 1 aliphatic heterocycles. The van der Waals surface area contributed by atoms with E-state index in [4.69, 9.17) is 9.47 Å². The Morgan fingerprint density at radius 3 is 2.48 bits per heavy atom. The second kappa shape index (κ2) is 9.18. The highest BCUT2D eigenvalue weighted by Gasteiger charge is 2.37. The first-order valence-electron chi connectivity index (χ1n) is 9.42. The average molecular weight is 374 g/mol. The van der Waals surface area contributed by atoms with Crippen LogP contribution < -0.4 is 0 Å². The van der Waals surface area contributed by atoms with Crippen LogP contribution in [0.2, 0.25) is 0 Å². The van der Waals surface area contributed by atoms with Gasteiger partial charge in [-0.3, -0.25) is 4.79 Å². The maximum Gasteiger partial charge on any atom is 0.334 e. The summed E-state index contributed by atoms with van der Waals surface area (Å²) in [7, 11) is 0. The Hall–Kier alpha value is -2.14. The van der Waals surface area contributed by atoms with Crippen molar-refractivity contribution in [3.05, 3.63) is 47.1 Å². The molecule has 1 heterocycles. The number of esters is 2. The number of aliphatic hydroxyl groups is 1. The first-order valence-corrected chi connectivity index (χ1v) is 9.42. The van der Waals surface area contributed by atoms with Gasteiger partial charge in [0.2, 0.25) is 0 Å². The molecule has 2 aliphatic rings. The molecular weight excluding hydrogens is 344 g/mol. The summed E-state index contributed by atoms with van der Waals surface area (Å²) in [4.78, 5) is 23.4. The summed E-state index contributed by atoms with van der Waals surface area (Å²) in [5.74, 6) is -0.769. The molecule has 0 saturated carbocycles. The average Bonchev–Trinajstić information content (AvgIpc) is 2.77. The number of carbonyl (C=O) groups is 2. The van der Waals surface area contributed by atoms with Gasteiger partial charge in [0.05, 0.1) is 6.10 Å². The van der Waals surface area contributed by atoms with Gasteiger partial charge in [-0.1, -0.05) is 29.4 Å². The van der Waals surface area contributed by atoms with Gasteiger partial charge in [0.25, 0.3) is 0 Å². The van der Waals surface area contributed by atoms with Crippen molar-refractivity contribution < 1.29 is 24.2 Å². The van der Waals surface area contributed by atoms with Crippen LogP contribution in [0.25, 0.3) is 0 Å². The normalized spacial score (nSPS) is 36.1. The van der Waals surface area contributed by atoms with E-state index >= 15 is 0 Å². The Morgan fingerprint density at radius 2 is 1.81 bits per heavy atom. The molecular formula is C22H30O5. The Kier molecular flexibility index (Phi) is 7.19. The van der Waals surface area contributed by atoms with Crippen LogP contribution in [0, 0.1) is 5.92 Å². The molecule has 0 spiro atoms. The molecule has 4 atom stereocenters. The predicted molar refractivity (Wildman–Crippen MR) is 104 cm³/mol. The zero-order valence-corrected chi connectivity index (χ0v) is 16.7. The van der Waals surface area contributed by atoms with E-state index in [1.807, 2.05) is 32.9 Å². The van der Waals surface area contributed by atoms with Crippen LogP contribution in [0.4, 0.5) is 0 Å². The lowest BCUT2D eigenvalue weighted by atomic mass is 9.88. The molecule has 5 nitrogen and oxygen atoms in total. The van der Waals surface area contributed by atoms with Crippen LogP contribution in [0.3, 0.4) is 0 Å². The third-order valence-electron chi connectivity index (χ3n) is 4.97. The Bertz CT molecular complexity index is 697. The number of carbonyl (C=O) groups excluding carboxylic acids is 2. The minimum absolute atomic E-state index is 0.0830. The largest absolute Gasteiger partial charge is 0.458 e. The van der Waals surface area contributed by atoms with Crippen molar-refractivity contribution in [2.75, 3.05) is 0 Å². The third kappa shape index (κ3) is 6.21.